The SMILES string of the molecule is COc1cccc(OC(=O)c2snnc2C(=O)O)c1. The van der Waals surface area contributed by atoms with Crippen LogP contribution in [-0.4, -0.2) is 33.7 Å². The topological polar surface area (TPSA) is 98.6 Å². The van der Waals surface area contributed by atoms with Gasteiger partial charge in [-0.25, -0.2) is 9.59 Å². The van der Waals surface area contributed by atoms with E-state index in [9.17, 15) is 9.59 Å². The first-order chi connectivity index (χ1) is 9.11. The third-order valence-corrected chi connectivity index (χ3v) is 2.83. The number of nitrogens with zero attached hydrogens (tertiary/aromatic N) is 2. The number of ether oxygens (including phenoxy) is 2. The number of carbonyl (C=O) groups excluding carboxylic acids is 1. The van der Waals surface area contributed by atoms with Gasteiger partial charge in [-0.2, -0.15) is 0 Å². The third kappa shape index (κ3) is 2.86. The molecule has 0 bridgehead atoms. The van der Waals surface area contributed by atoms with Gasteiger partial charge in [-0.1, -0.05) is 10.6 Å². The summed E-state index contributed by atoms with van der Waals surface area (Å²) in [6, 6.07) is 6.39. The molecule has 0 saturated carbocycles. The second kappa shape index (κ2) is 5.44. The molecule has 0 aliphatic heterocycles. The molecule has 0 unspecified atom stereocenters. The van der Waals surface area contributed by atoms with Gasteiger partial charge in [0.25, 0.3) is 0 Å². The van der Waals surface area contributed by atoms with Gasteiger partial charge in [0, 0.05) is 6.07 Å². The Morgan fingerprint density at radius 3 is 2.74 bits per heavy atom. The van der Waals surface area contributed by atoms with Gasteiger partial charge in [-0.05, 0) is 23.7 Å². The zero-order valence-corrected chi connectivity index (χ0v) is 10.5. The Hall–Kier alpha value is -2.48. The molecule has 1 N–H and O–H groups in total. The predicted octanol–water partition coefficient (Wildman–Crippen LogP) is 1.46. The summed E-state index contributed by atoms with van der Waals surface area (Å²) >= 11 is 0.667. The van der Waals surface area contributed by atoms with Crippen LogP contribution in [0.15, 0.2) is 24.3 Å². The van der Waals surface area contributed by atoms with Crippen molar-refractivity contribution in [3.63, 3.8) is 0 Å². The molecule has 1 aromatic carbocycles. The van der Waals surface area contributed by atoms with Gasteiger partial charge in [0.2, 0.25) is 0 Å². The maximum absolute atomic E-state index is 11.8. The van der Waals surface area contributed by atoms with Crippen LogP contribution < -0.4 is 9.47 Å². The fourth-order valence-electron chi connectivity index (χ4n) is 1.28. The van der Waals surface area contributed by atoms with E-state index in [1.54, 1.807) is 18.2 Å². The van der Waals surface area contributed by atoms with Crippen molar-refractivity contribution >= 4 is 23.5 Å². The van der Waals surface area contributed by atoms with Crippen LogP contribution in [0.25, 0.3) is 0 Å². The zero-order valence-electron chi connectivity index (χ0n) is 9.69. The maximum atomic E-state index is 11.8. The van der Waals surface area contributed by atoms with Crippen LogP contribution in [0.2, 0.25) is 0 Å². The van der Waals surface area contributed by atoms with Gasteiger partial charge < -0.3 is 14.6 Å². The Bertz CT molecular complexity index is 625. The van der Waals surface area contributed by atoms with Gasteiger partial charge in [-0.3, -0.25) is 0 Å². The number of aromatic carboxylic acids is 1. The highest BCUT2D eigenvalue weighted by Crippen LogP contribution is 2.21. The van der Waals surface area contributed by atoms with E-state index in [1.165, 1.54) is 13.2 Å². The average molecular weight is 280 g/mol. The number of hydrogen-bond donors (Lipinski definition) is 1. The van der Waals surface area contributed by atoms with Crippen LogP contribution >= 0.6 is 11.5 Å². The molecule has 2 rings (SSSR count). The average Bonchev–Trinajstić information content (AvgIpc) is 2.88. The van der Waals surface area contributed by atoms with E-state index in [-0.39, 0.29) is 10.6 Å². The van der Waals surface area contributed by atoms with Crippen molar-refractivity contribution in [2.45, 2.75) is 0 Å². The van der Waals surface area contributed by atoms with Gasteiger partial charge in [0.1, 0.15) is 11.5 Å². The van der Waals surface area contributed by atoms with Gasteiger partial charge >= 0.3 is 11.9 Å². The maximum Gasteiger partial charge on any atom is 0.358 e. The molecule has 0 atom stereocenters. The molecule has 0 spiro atoms. The highest BCUT2D eigenvalue weighted by atomic mass is 32.1. The summed E-state index contributed by atoms with van der Waals surface area (Å²) in [7, 11) is 1.48. The standard InChI is InChI=1S/C11H8N2O5S/c1-17-6-3-2-4-7(5-6)18-11(16)9-8(10(14)15)12-13-19-9/h2-5H,1H3,(H,14,15). The molecule has 1 aromatic heterocycles. The minimum absolute atomic E-state index is 0.157. The Balaban J connectivity index is 2.20. The lowest BCUT2D eigenvalue weighted by molar-refractivity contribution is 0.0665. The molecule has 0 fully saturated rings. The lowest BCUT2D eigenvalue weighted by Crippen LogP contribution is -2.12. The second-order valence-corrected chi connectivity index (χ2v) is 4.08. The number of rotatable bonds is 4. The highest BCUT2D eigenvalue weighted by molar-refractivity contribution is 7.08. The number of methoxy groups -OCH3 is 1. The molecule has 0 aliphatic rings. The Kier molecular flexibility index (Phi) is 3.71. The first kappa shape index (κ1) is 13.0. The van der Waals surface area contributed by atoms with Gasteiger partial charge in [0.15, 0.2) is 10.6 Å². The summed E-state index contributed by atoms with van der Waals surface area (Å²) in [6.07, 6.45) is 0. The predicted molar refractivity (Wildman–Crippen MR) is 64.8 cm³/mol. The van der Waals surface area contributed by atoms with Crippen molar-refractivity contribution in [1.82, 2.24) is 9.59 Å². The van der Waals surface area contributed by atoms with Crippen molar-refractivity contribution in [3.05, 3.63) is 34.8 Å². The minimum Gasteiger partial charge on any atom is -0.497 e. The molecule has 2 aromatic rings. The van der Waals surface area contributed by atoms with Crippen molar-refractivity contribution in [2.24, 2.45) is 0 Å². The molecule has 19 heavy (non-hydrogen) atoms. The number of esters is 1. The van der Waals surface area contributed by atoms with Crippen LogP contribution in [0.1, 0.15) is 20.2 Å². The Morgan fingerprint density at radius 1 is 1.32 bits per heavy atom. The van der Waals surface area contributed by atoms with Crippen LogP contribution in [0.4, 0.5) is 0 Å². The number of carbonyl (C=O) groups is 2. The summed E-state index contributed by atoms with van der Waals surface area (Å²) in [5, 5.41) is 12.2. The first-order valence-corrected chi connectivity index (χ1v) is 5.81. The molecule has 0 radical (unpaired) electrons. The molecule has 0 saturated heterocycles. The number of aromatic nitrogens is 2. The number of carboxylic acids is 1. The van der Waals surface area contributed by atoms with Crippen molar-refractivity contribution < 1.29 is 24.2 Å². The van der Waals surface area contributed by atoms with Crippen molar-refractivity contribution in [3.8, 4) is 11.5 Å². The summed E-state index contributed by atoms with van der Waals surface area (Å²) in [6.45, 7) is 0. The van der Waals surface area contributed by atoms with E-state index in [4.69, 9.17) is 14.6 Å². The number of benzene rings is 1. The van der Waals surface area contributed by atoms with Crippen molar-refractivity contribution in [2.75, 3.05) is 7.11 Å². The fourth-order valence-corrected chi connectivity index (χ4v) is 1.82. The van der Waals surface area contributed by atoms with E-state index in [0.717, 1.165) is 0 Å². The molecular weight excluding hydrogens is 272 g/mol. The van der Waals surface area contributed by atoms with E-state index in [1.807, 2.05) is 0 Å². The lowest BCUT2D eigenvalue weighted by atomic mass is 10.3. The van der Waals surface area contributed by atoms with E-state index >= 15 is 0 Å². The molecule has 1 heterocycles. The molecule has 98 valence electrons. The number of hydrogen-bond acceptors (Lipinski definition) is 7. The summed E-state index contributed by atoms with van der Waals surface area (Å²) in [5.41, 5.74) is -0.419. The summed E-state index contributed by atoms with van der Waals surface area (Å²) < 4.78 is 13.4. The normalized spacial score (nSPS) is 9.95. The highest BCUT2D eigenvalue weighted by Gasteiger charge is 2.23. The second-order valence-electron chi connectivity index (χ2n) is 3.32. The molecular formula is C11H8N2O5S. The van der Waals surface area contributed by atoms with Gasteiger partial charge in [-0.15, -0.1) is 5.10 Å². The van der Waals surface area contributed by atoms with Gasteiger partial charge in [0.05, 0.1) is 7.11 Å². The molecule has 0 aliphatic carbocycles. The zero-order chi connectivity index (χ0) is 13.8. The van der Waals surface area contributed by atoms with Crippen LogP contribution in [0.3, 0.4) is 0 Å². The summed E-state index contributed by atoms with van der Waals surface area (Å²) in [5.74, 6) is -1.38. The Labute approximate surface area is 111 Å². The first-order valence-electron chi connectivity index (χ1n) is 5.03. The van der Waals surface area contributed by atoms with E-state index in [2.05, 4.69) is 9.59 Å². The Morgan fingerprint density at radius 2 is 2.05 bits per heavy atom. The van der Waals surface area contributed by atoms with E-state index < -0.39 is 17.6 Å². The molecule has 7 nitrogen and oxygen atoms in total. The fraction of sp³-hybridized carbons (Fsp3) is 0.0909. The number of carboxylic acid groups (broad SMARTS) is 1. The van der Waals surface area contributed by atoms with E-state index in [0.29, 0.717) is 17.3 Å². The minimum atomic E-state index is -1.33. The third-order valence-electron chi connectivity index (χ3n) is 2.13. The van der Waals surface area contributed by atoms with Crippen LogP contribution in [0, 0.1) is 0 Å². The quantitative estimate of drug-likeness (QED) is 0.668. The van der Waals surface area contributed by atoms with Crippen LogP contribution in [-0.2, 0) is 0 Å². The lowest BCUT2D eigenvalue weighted by Gasteiger charge is -2.04. The smallest absolute Gasteiger partial charge is 0.358 e. The largest absolute Gasteiger partial charge is 0.497 e. The van der Waals surface area contributed by atoms with Crippen LogP contribution in [0.5, 0.6) is 11.5 Å². The monoisotopic (exact) mass is 280 g/mol. The molecule has 0 amide bonds. The molecule has 8 heteroatoms. The van der Waals surface area contributed by atoms with Crippen molar-refractivity contribution in [1.29, 1.82) is 0 Å². The summed E-state index contributed by atoms with van der Waals surface area (Å²) in [4.78, 5) is 22.5.